The Kier molecular flexibility index (Phi) is 9.24. The normalized spacial score (nSPS) is 11.5. The van der Waals surface area contributed by atoms with E-state index in [4.69, 9.17) is 14.5 Å². The zero-order valence-corrected chi connectivity index (χ0v) is 27.1. The van der Waals surface area contributed by atoms with Crippen molar-refractivity contribution in [1.29, 1.82) is 0 Å². The van der Waals surface area contributed by atoms with E-state index in [1.165, 1.54) is 4.68 Å². The largest absolute Gasteiger partial charge is 0.494 e. The number of rotatable bonds is 9. The van der Waals surface area contributed by atoms with Gasteiger partial charge in [-0.1, -0.05) is 54.0 Å². The number of para-hydroxylation sites is 1. The minimum absolute atomic E-state index is 0.219. The molecule has 0 bridgehead atoms. The first-order valence-corrected chi connectivity index (χ1v) is 15.3. The van der Waals surface area contributed by atoms with Gasteiger partial charge in [0, 0.05) is 10.0 Å². The highest BCUT2D eigenvalue weighted by molar-refractivity contribution is 9.10. The summed E-state index contributed by atoms with van der Waals surface area (Å²) >= 11 is 7.08. The smallest absolute Gasteiger partial charge is 0.282 e. The molecule has 1 aromatic heterocycles. The molecule has 0 atom stereocenters. The Morgan fingerprint density at radius 3 is 2.43 bits per heavy atom. The lowest BCUT2D eigenvalue weighted by Crippen LogP contribution is -2.20. The number of hydrogen-bond donors (Lipinski definition) is 0. The predicted molar refractivity (Wildman–Crippen MR) is 177 cm³/mol. The average Bonchev–Trinajstić information content (AvgIpc) is 2.97. The van der Waals surface area contributed by atoms with Crippen molar-refractivity contribution in [2.75, 3.05) is 6.61 Å². The van der Waals surface area contributed by atoms with Crippen LogP contribution in [0.2, 0.25) is 0 Å². The maximum absolute atomic E-state index is 13.8. The molecule has 6 nitrogen and oxygen atoms in total. The monoisotopic (exact) mass is 687 g/mol. The van der Waals surface area contributed by atoms with Crippen molar-refractivity contribution in [2.24, 2.45) is 5.10 Å². The molecular formula is C34H31Br2N3O3. The second-order valence-corrected chi connectivity index (χ2v) is 12.0. The van der Waals surface area contributed by atoms with Crippen LogP contribution in [-0.4, -0.2) is 22.5 Å². The highest BCUT2D eigenvalue weighted by atomic mass is 79.9. The third-order valence-electron chi connectivity index (χ3n) is 6.86. The molecule has 0 saturated heterocycles. The number of halogens is 2. The molecule has 0 spiro atoms. The summed E-state index contributed by atoms with van der Waals surface area (Å²) in [5.74, 6) is 2.26. The molecule has 0 saturated carbocycles. The van der Waals surface area contributed by atoms with E-state index >= 15 is 0 Å². The van der Waals surface area contributed by atoms with E-state index in [1.54, 1.807) is 12.3 Å². The van der Waals surface area contributed by atoms with Gasteiger partial charge in [-0.3, -0.25) is 4.79 Å². The summed E-state index contributed by atoms with van der Waals surface area (Å²) in [6.07, 6.45) is 1.66. The molecule has 0 aliphatic heterocycles. The van der Waals surface area contributed by atoms with Crippen molar-refractivity contribution in [2.45, 2.75) is 40.2 Å². The van der Waals surface area contributed by atoms with Crippen molar-refractivity contribution in [1.82, 2.24) is 9.66 Å². The van der Waals surface area contributed by atoms with Crippen LogP contribution in [0.25, 0.3) is 22.3 Å². The van der Waals surface area contributed by atoms with Gasteiger partial charge in [0.15, 0.2) is 5.82 Å². The molecule has 0 amide bonds. The SMILES string of the molecule is CCOc1cc(C)c(-c2nc3ccccc3c(=O)n2N=Cc2ccc(OCc3ccc(Br)cc3)c(Br)c2)cc1C(C)C. The maximum atomic E-state index is 13.8. The van der Waals surface area contributed by atoms with E-state index in [0.29, 0.717) is 35.7 Å². The van der Waals surface area contributed by atoms with Gasteiger partial charge in [-0.15, -0.1) is 0 Å². The Bertz CT molecular complexity index is 1830. The van der Waals surface area contributed by atoms with Gasteiger partial charge in [0.2, 0.25) is 0 Å². The fourth-order valence-electron chi connectivity index (χ4n) is 4.66. The van der Waals surface area contributed by atoms with Gasteiger partial charge in [-0.2, -0.15) is 9.78 Å². The summed E-state index contributed by atoms with van der Waals surface area (Å²) in [6, 6.07) is 25.2. The van der Waals surface area contributed by atoms with Crippen LogP contribution in [0.4, 0.5) is 0 Å². The number of benzene rings is 4. The predicted octanol–water partition coefficient (Wildman–Crippen LogP) is 8.88. The molecule has 42 heavy (non-hydrogen) atoms. The lowest BCUT2D eigenvalue weighted by atomic mass is 9.96. The molecule has 4 aromatic carbocycles. The van der Waals surface area contributed by atoms with Crippen molar-refractivity contribution < 1.29 is 9.47 Å². The molecule has 1 heterocycles. The van der Waals surface area contributed by atoms with Gasteiger partial charge in [0.1, 0.15) is 18.1 Å². The third kappa shape index (κ3) is 6.50. The summed E-state index contributed by atoms with van der Waals surface area (Å²) in [5.41, 5.74) is 5.09. The number of aryl methyl sites for hydroxylation is 1. The Morgan fingerprint density at radius 2 is 1.71 bits per heavy atom. The quantitative estimate of drug-likeness (QED) is 0.145. The standard InChI is InChI=1S/C34H31Br2N3O3/c1-5-41-32-16-22(4)28(18-27(32)21(2)3)33-38-30-9-7-6-8-26(30)34(40)39(33)37-19-24-12-15-31(29(36)17-24)42-20-23-10-13-25(35)14-11-23/h6-19,21H,5,20H2,1-4H3. The van der Waals surface area contributed by atoms with Crippen molar-refractivity contribution in [3.8, 4) is 22.9 Å². The van der Waals surface area contributed by atoms with Gasteiger partial charge >= 0.3 is 0 Å². The van der Waals surface area contributed by atoms with Crippen LogP contribution >= 0.6 is 31.9 Å². The number of nitrogens with zero attached hydrogens (tertiary/aromatic N) is 3. The van der Waals surface area contributed by atoms with Gasteiger partial charge < -0.3 is 9.47 Å². The van der Waals surface area contributed by atoms with Crippen molar-refractivity contribution in [3.05, 3.63) is 120 Å². The van der Waals surface area contributed by atoms with Crippen LogP contribution in [0.1, 0.15) is 48.9 Å². The minimum Gasteiger partial charge on any atom is -0.494 e. The lowest BCUT2D eigenvalue weighted by Gasteiger charge is -2.18. The first-order chi connectivity index (χ1) is 20.2. The number of hydrogen-bond acceptors (Lipinski definition) is 5. The fraction of sp³-hybridized carbons (Fsp3) is 0.206. The molecule has 5 aromatic rings. The molecule has 8 heteroatoms. The molecular weight excluding hydrogens is 658 g/mol. The van der Waals surface area contributed by atoms with Crippen molar-refractivity contribution in [3.63, 3.8) is 0 Å². The molecule has 5 rings (SSSR count). The minimum atomic E-state index is -0.236. The Hall–Kier alpha value is -3.75. The molecule has 0 unspecified atom stereocenters. The van der Waals surface area contributed by atoms with Gasteiger partial charge in [0.25, 0.3) is 5.56 Å². The molecule has 214 valence electrons. The molecule has 0 aliphatic carbocycles. The highest BCUT2D eigenvalue weighted by Gasteiger charge is 2.18. The number of ether oxygens (including phenoxy) is 2. The second-order valence-electron chi connectivity index (χ2n) is 10.2. The summed E-state index contributed by atoms with van der Waals surface area (Å²) in [7, 11) is 0. The average molecular weight is 689 g/mol. The van der Waals surface area contributed by atoms with E-state index in [2.05, 4.69) is 56.9 Å². The van der Waals surface area contributed by atoms with Gasteiger partial charge in [0.05, 0.1) is 28.2 Å². The molecule has 0 aliphatic rings. The highest BCUT2D eigenvalue weighted by Crippen LogP contribution is 2.34. The van der Waals surface area contributed by atoms with E-state index in [9.17, 15) is 4.79 Å². The van der Waals surface area contributed by atoms with Crippen LogP contribution in [0.5, 0.6) is 11.5 Å². The summed E-state index contributed by atoms with van der Waals surface area (Å²) in [5, 5.41) is 5.17. The first-order valence-electron chi connectivity index (χ1n) is 13.8. The fourth-order valence-corrected chi connectivity index (χ4v) is 5.43. The van der Waals surface area contributed by atoms with Crippen molar-refractivity contribution >= 4 is 49.0 Å². The first kappa shape index (κ1) is 29.7. The number of aromatic nitrogens is 2. The molecule has 0 fully saturated rings. The number of fused-ring (bicyclic) bond motifs is 1. The Labute approximate surface area is 262 Å². The van der Waals surface area contributed by atoms with Crippen LogP contribution in [-0.2, 0) is 6.61 Å². The van der Waals surface area contributed by atoms with E-state index in [-0.39, 0.29) is 11.5 Å². The summed E-state index contributed by atoms with van der Waals surface area (Å²) in [6.45, 7) is 9.25. The van der Waals surface area contributed by atoms with Crippen LogP contribution in [0.3, 0.4) is 0 Å². The third-order valence-corrected chi connectivity index (χ3v) is 8.01. The van der Waals surface area contributed by atoms with Crippen LogP contribution in [0, 0.1) is 6.92 Å². The Balaban J connectivity index is 1.53. The summed E-state index contributed by atoms with van der Waals surface area (Å²) in [4.78, 5) is 18.7. The zero-order valence-electron chi connectivity index (χ0n) is 23.9. The van der Waals surface area contributed by atoms with E-state index in [0.717, 1.165) is 42.5 Å². The van der Waals surface area contributed by atoms with Crippen LogP contribution < -0.4 is 15.0 Å². The second kappa shape index (κ2) is 13.0. The van der Waals surface area contributed by atoms with Gasteiger partial charge in [-0.25, -0.2) is 4.98 Å². The maximum Gasteiger partial charge on any atom is 0.282 e. The van der Waals surface area contributed by atoms with Crippen LogP contribution in [0.15, 0.2) is 97.7 Å². The van der Waals surface area contributed by atoms with Gasteiger partial charge in [-0.05, 0) is 113 Å². The molecule has 0 N–H and O–H groups in total. The zero-order chi connectivity index (χ0) is 29.8. The Morgan fingerprint density at radius 1 is 0.952 bits per heavy atom. The molecule has 0 radical (unpaired) electrons. The lowest BCUT2D eigenvalue weighted by molar-refractivity contribution is 0.304. The summed E-state index contributed by atoms with van der Waals surface area (Å²) < 4.78 is 15.1. The topological polar surface area (TPSA) is 65.7 Å². The van der Waals surface area contributed by atoms with E-state index in [1.807, 2.05) is 80.6 Å². The van der Waals surface area contributed by atoms with E-state index < -0.39 is 0 Å².